The fourth-order valence-electron chi connectivity index (χ4n) is 2.60. The fraction of sp³-hybridized carbons (Fsp3) is 0.583. The number of nitrogens with zero attached hydrogens (tertiary/aromatic N) is 3. The molecule has 0 aromatic carbocycles. The van der Waals surface area contributed by atoms with Gasteiger partial charge in [0.2, 0.25) is 0 Å². The Morgan fingerprint density at radius 3 is 2.82 bits per heavy atom. The average Bonchev–Trinajstić information content (AvgIpc) is 2.80. The molecule has 0 spiro atoms. The van der Waals surface area contributed by atoms with Crippen LogP contribution < -0.4 is 0 Å². The Bertz CT molecular complexity index is 567. The Morgan fingerprint density at radius 2 is 2.12 bits per heavy atom. The monoisotopic (exact) mass is 236 g/mol. The third-order valence-corrected chi connectivity index (χ3v) is 3.68. The molecule has 4 nitrogen and oxygen atoms in total. The largest absolute Gasteiger partial charge is 0.323 e. The number of nitrogens with one attached hydrogen (secondary N) is 1. The van der Waals surface area contributed by atoms with Gasteiger partial charge in [-0.1, -0.05) is 0 Å². The van der Waals surface area contributed by atoms with Crippen molar-refractivity contribution in [2.75, 3.05) is 6.54 Å². The van der Waals surface area contributed by atoms with E-state index in [-0.39, 0.29) is 5.82 Å². The summed E-state index contributed by atoms with van der Waals surface area (Å²) in [6.07, 6.45) is 0. The van der Waals surface area contributed by atoms with Gasteiger partial charge in [0.1, 0.15) is 0 Å². The number of aryl methyl sites for hydroxylation is 1. The van der Waals surface area contributed by atoms with Crippen LogP contribution in [0.25, 0.3) is 11.0 Å². The maximum absolute atomic E-state index is 14.3. The summed E-state index contributed by atoms with van der Waals surface area (Å²) >= 11 is 0. The van der Waals surface area contributed by atoms with Gasteiger partial charge in [-0.15, -0.1) is 0 Å². The standard InChI is InChI=1S/C12H17FN4/c1-7(2)16-4-5-17-9(6-16)11(13)10-8(3)14-15-12(10)17/h7H,4-6H2,1-3H3,(H,14,15). The summed E-state index contributed by atoms with van der Waals surface area (Å²) in [7, 11) is 0. The number of aromatic nitrogens is 3. The quantitative estimate of drug-likeness (QED) is 0.822. The number of hydrogen-bond acceptors (Lipinski definition) is 2. The SMILES string of the molecule is Cc1[nH]nc2c1c(F)c1n2CCN(C(C)C)C1. The molecule has 3 heterocycles. The molecule has 0 bridgehead atoms. The predicted octanol–water partition coefficient (Wildman–Crippen LogP) is 2.04. The van der Waals surface area contributed by atoms with Gasteiger partial charge in [-0.3, -0.25) is 10.00 Å². The molecular weight excluding hydrogens is 219 g/mol. The molecule has 17 heavy (non-hydrogen) atoms. The van der Waals surface area contributed by atoms with E-state index < -0.39 is 0 Å². The van der Waals surface area contributed by atoms with Crippen LogP contribution in [-0.4, -0.2) is 32.3 Å². The second kappa shape index (κ2) is 3.57. The van der Waals surface area contributed by atoms with Crippen LogP contribution in [0.1, 0.15) is 25.2 Å². The lowest BCUT2D eigenvalue weighted by atomic mass is 10.2. The number of halogens is 1. The minimum atomic E-state index is -0.100. The molecule has 0 saturated heterocycles. The Hall–Kier alpha value is -1.36. The van der Waals surface area contributed by atoms with Gasteiger partial charge in [-0.2, -0.15) is 5.10 Å². The van der Waals surface area contributed by atoms with Crippen molar-refractivity contribution < 1.29 is 4.39 Å². The smallest absolute Gasteiger partial charge is 0.165 e. The lowest BCUT2D eigenvalue weighted by Gasteiger charge is -2.31. The normalized spacial score (nSPS) is 17.0. The van der Waals surface area contributed by atoms with E-state index in [9.17, 15) is 4.39 Å². The molecule has 1 aliphatic heterocycles. The van der Waals surface area contributed by atoms with E-state index in [0.29, 0.717) is 18.0 Å². The summed E-state index contributed by atoms with van der Waals surface area (Å²) < 4.78 is 16.3. The van der Waals surface area contributed by atoms with Gasteiger partial charge >= 0.3 is 0 Å². The van der Waals surface area contributed by atoms with Crippen molar-refractivity contribution in [1.82, 2.24) is 19.7 Å². The van der Waals surface area contributed by atoms with Crippen LogP contribution in [0.5, 0.6) is 0 Å². The number of fused-ring (bicyclic) bond motifs is 3. The highest BCUT2D eigenvalue weighted by atomic mass is 19.1. The second-order valence-electron chi connectivity index (χ2n) is 5.02. The number of rotatable bonds is 1. The molecule has 0 aliphatic carbocycles. The van der Waals surface area contributed by atoms with Gasteiger partial charge in [0.25, 0.3) is 0 Å². The summed E-state index contributed by atoms with van der Waals surface area (Å²) in [5.74, 6) is -0.100. The first-order valence-electron chi connectivity index (χ1n) is 6.05. The number of aromatic amines is 1. The van der Waals surface area contributed by atoms with Crippen molar-refractivity contribution in [3.05, 3.63) is 17.2 Å². The summed E-state index contributed by atoms with van der Waals surface area (Å²) in [5.41, 5.74) is 2.36. The van der Waals surface area contributed by atoms with Crippen molar-refractivity contribution in [1.29, 1.82) is 0 Å². The fourth-order valence-corrected chi connectivity index (χ4v) is 2.60. The first kappa shape index (κ1) is 10.8. The highest BCUT2D eigenvalue weighted by Gasteiger charge is 2.27. The average molecular weight is 236 g/mol. The van der Waals surface area contributed by atoms with Crippen molar-refractivity contribution in [3.63, 3.8) is 0 Å². The van der Waals surface area contributed by atoms with Gasteiger partial charge in [-0.25, -0.2) is 4.39 Å². The minimum absolute atomic E-state index is 0.100. The third-order valence-electron chi connectivity index (χ3n) is 3.68. The van der Waals surface area contributed by atoms with E-state index in [4.69, 9.17) is 0 Å². The maximum atomic E-state index is 14.3. The lowest BCUT2D eigenvalue weighted by Crippen LogP contribution is -2.38. The van der Waals surface area contributed by atoms with Gasteiger partial charge in [-0.05, 0) is 20.8 Å². The van der Waals surface area contributed by atoms with Crippen molar-refractivity contribution in [3.8, 4) is 0 Å². The topological polar surface area (TPSA) is 36.9 Å². The van der Waals surface area contributed by atoms with Crippen LogP contribution in [0.4, 0.5) is 4.39 Å². The Morgan fingerprint density at radius 1 is 1.35 bits per heavy atom. The van der Waals surface area contributed by atoms with Crippen LogP contribution >= 0.6 is 0 Å². The van der Waals surface area contributed by atoms with Crippen LogP contribution in [0.15, 0.2) is 0 Å². The summed E-state index contributed by atoms with van der Waals surface area (Å²) in [6.45, 7) is 8.61. The molecule has 2 aromatic rings. The molecule has 1 N–H and O–H groups in total. The molecule has 5 heteroatoms. The molecule has 0 unspecified atom stereocenters. The van der Waals surface area contributed by atoms with Gasteiger partial charge in [0.05, 0.1) is 11.1 Å². The van der Waals surface area contributed by atoms with E-state index in [1.807, 2.05) is 11.5 Å². The van der Waals surface area contributed by atoms with Crippen molar-refractivity contribution in [2.45, 2.75) is 39.9 Å². The van der Waals surface area contributed by atoms with Crippen LogP contribution in [0.3, 0.4) is 0 Å². The molecule has 0 radical (unpaired) electrons. The molecule has 3 rings (SSSR count). The van der Waals surface area contributed by atoms with Crippen molar-refractivity contribution in [2.24, 2.45) is 0 Å². The van der Waals surface area contributed by atoms with Crippen molar-refractivity contribution >= 4 is 11.0 Å². The Labute approximate surface area is 99.4 Å². The first-order chi connectivity index (χ1) is 8.09. The second-order valence-corrected chi connectivity index (χ2v) is 5.02. The van der Waals surface area contributed by atoms with E-state index in [1.54, 1.807) is 0 Å². The highest BCUT2D eigenvalue weighted by Crippen LogP contribution is 2.29. The molecule has 2 aromatic heterocycles. The van der Waals surface area contributed by atoms with Crippen LogP contribution in [0.2, 0.25) is 0 Å². The van der Waals surface area contributed by atoms with E-state index in [1.165, 1.54) is 0 Å². The van der Waals surface area contributed by atoms with E-state index in [2.05, 4.69) is 28.9 Å². The molecule has 0 amide bonds. The van der Waals surface area contributed by atoms with E-state index >= 15 is 0 Å². The van der Waals surface area contributed by atoms with Gasteiger partial charge < -0.3 is 4.57 Å². The zero-order chi connectivity index (χ0) is 12.2. The first-order valence-corrected chi connectivity index (χ1v) is 6.05. The Balaban J connectivity index is 2.14. The van der Waals surface area contributed by atoms with E-state index in [0.717, 1.165) is 30.1 Å². The number of hydrogen-bond donors (Lipinski definition) is 1. The molecule has 0 fully saturated rings. The Kier molecular flexibility index (Phi) is 2.26. The molecule has 1 aliphatic rings. The summed E-state index contributed by atoms with van der Waals surface area (Å²) in [4.78, 5) is 2.29. The minimum Gasteiger partial charge on any atom is -0.323 e. The number of H-pyrrole nitrogens is 1. The molecule has 0 saturated carbocycles. The molecule has 0 atom stereocenters. The van der Waals surface area contributed by atoms with Gasteiger partial charge in [0.15, 0.2) is 11.5 Å². The van der Waals surface area contributed by atoms with Gasteiger partial charge in [0, 0.05) is 31.4 Å². The molecular formula is C12H17FN4. The maximum Gasteiger partial charge on any atom is 0.165 e. The summed E-state index contributed by atoms with van der Waals surface area (Å²) in [6, 6.07) is 0.452. The zero-order valence-corrected chi connectivity index (χ0v) is 10.4. The van der Waals surface area contributed by atoms with Crippen LogP contribution in [-0.2, 0) is 13.1 Å². The third kappa shape index (κ3) is 1.42. The molecule has 92 valence electrons. The summed E-state index contributed by atoms with van der Waals surface area (Å²) in [5, 5.41) is 7.72. The lowest BCUT2D eigenvalue weighted by molar-refractivity contribution is 0.174. The van der Waals surface area contributed by atoms with Crippen LogP contribution in [0, 0.1) is 12.7 Å². The predicted molar refractivity (Wildman–Crippen MR) is 64.3 cm³/mol. The zero-order valence-electron chi connectivity index (χ0n) is 10.4. The highest BCUT2D eigenvalue weighted by molar-refractivity contribution is 5.81.